The van der Waals surface area contributed by atoms with Crippen molar-refractivity contribution < 1.29 is 0 Å². The van der Waals surface area contributed by atoms with E-state index in [4.69, 9.17) is 16.9 Å². The van der Waals surface area contributed by atoms with Gasteiger partial charge in [-0.25, -0.2) is 4.98 Å². The van der Waals surface area contributed by atoms with E-state index in [2.05, 4.69) is 26.6 Å². The van der Waals surface area contributed by atoms with Crippen molar-refractivity contribution in [1.82, 2.24) is 19.7 Å². The predicted octanol–water partition coefficient (Wildman–Crippen LogP) is 3.52. The van der Waals surface area contributed by atoms with Crippen LogP contribution in [0, 0.1) is 11.3 Å². The molecule has 0 saturated heterocycles. The normalized spacial score (nSPS) is 10.4. The molecular formula is C17H15ClN6. The van der Waals surface area contributed by atoms with Crippen LogP contribution in [-0.4, -0.2) is 26.3 Å². The number of benzene rings is 1. The first-order valence-electron chi connectivity index (χ1n) is 7.41. The number of anilines is 1. The lowest BCUT2D eigenvalue weighted by Crippen LogP contribution is -2.03. The van der Waals surface area contributed by atoms with Crippen LogP contribution in [-0.2, 0) is 7.05 Å². The zero-order chi connectivity index (χ0) is 16.9. The quantitative estimate of drug-likeness (QED) is 0.568. The molecule has 120 valence electrons. The molecule has 0 fully saturated rings. The Bertz CT molecular complexity index is 896. The van der Waals surface area contributed by atoms with Gasteiger partial charge in [0, 0.05) is 19.2 Å². The van der Waals surface area contributed by atoms with E-state index in [-0.39, 0.29) is 0 Å². The number of hydrogen-bond donors (Lipinski definition) is 1. The lowest BCUT2D eigenvalue weighted by atomic mass is 10.00. The molecule has 7 heteroatoms. The molecule has 0 aliphatic carbocycles. The summed E-state index contributed by atoms with van der Waals surface area (Å²) in [6, 6.07) is 13.7. The summed E-state index contributed by atoms with van der Waals surface area (Å²) in [4.78, 5) is 4.25. The Balaban J connectivity index is 2.04. The average molecular weight is 339 g/mol. The lowest BCUT2D eigenvalue weighted by molar-refractivity contribution is 0.920. The highest BCUT2D eigenvalue weighted by atomic mass is 35.5. The molecule has 0 aliphatic heterocycles. The van der Waals surface area contributed by atoms with Crippen LogP contribution in [0.1, 0.15) is 6.42 Å². The van der Waals surface area contributed by atoms with Crippen molar-refractivity contribution in [3.05, 3.63) is 47.9 Å². The largest absolute Gasteiger partial charge is 0.369 e. The Morgan fingerprint density at radius 1 is 1.25 bits per heavy atom. The first kappa shape index (κ1) is 16.0. The molecule has 0 atom stereocenters. The smallest absolute Gasteiger partial charge is 0.164 e. The summed E-state index contributed by atoms with van der Waals surface area (Å²) >= 11 is 6.17. The SMILES string of the molecule is Cn1cnnc1-c1ccccc1-c1cc(Cl)nc(NCCC#N)c1. The van der Waals surface area contributed by atoms with Crippen LogP contribution in [0.5, 0.6) is 0 Å². The van der Waals surface area contributed by atoms with E-state index < -0.39 is 0 Å². The number of hydrogen-bond acceptors (Lipinski definition) is 5. The first-order chi connectivity index (χ1) is 11.7. The molecule has 0 bridgehead atoms. The zero-order valence-corrected chi connectivity index (χ0v) is 13.8. The van der Waals surface area contributed by atoms with Crippen molar-refractivity contribution in [3.8, 4) is 28.6 Å². The maximum absolute atomic E-state index is 8.65. The van der Waals surface area contributed by atoms with Crippen molar-refractivity contribution in [1.29, 1.82) is 5.26 Å². The Labute approximate surface area is 144 Å². The van der Waals surface area contributed by atoms with Crippen LogP contribution in [0.2, 0.25) is 5.15 Å². The molecule has 0 spiro atoms. The van der Waals surface area contributed by atoms with Gasteiger partial charge < -0.3 is 9.88 Å². The van der Waals surface area contributed by atoms with Gasteiger partial charge in [0.25, 0.3) is 0 Å². The third kappa shape index (κ3) is 3.36. The third-order valence-electron chi connectivity index (χ3n) is 3.53. The molecular weight excluding hydrogens is 324 g/mol. The summed E-state index contributed by atoms with van der Waals surface area (Å²) < 4.78 is 1.87. The fraction of sp³-hybridized carbons (Fsp3) is 0.176. The van der Waals surface area contributed by atoms with Crippen molar-refractivity contribution in [2.24, 2.45) is 7.05 Å². The van der Waals surface area contributed by atoms with Gasteiger partial charge in [0.15, 0.2) is 5.82 Å². The Morgan fingerprint density at radius 3 is 2.75 bits per heavy atom. The van der Waals surface area contributed by atoms with Gasteiger partial charge >= 0.3 is 0 Å². The van der Waals surface area contributed by atoms with Gasteiger partial charge in [-0.15, -0.1) is 10.2 Å². The monoisotopic (exact) mass is 338 g/mol. The van der Waals surface area contributed by atoms with Crippen LogP contribution < -0.4 is 5.32 Å². The van der Waals surface area contributed by atoms with E-state index in [0.29, 0.717) is 23.9 Å². The number of halogens is 1. The molecule has 6 nitrogen and oxygen atoms in total. The molecule has 0 amide bonds. The topological polar surface area (TPSA) is 79.4 Å². The van der Waals surface area contributed by atoms with Gasteiger partial charge in [0.05, 0.1) is 12.5 Å². The molecule has 1 aromatic carbocycles. The number of rotatable bonds is 5. The van der Waals surface area contributed by atoms with E-state index in [9.17, 15) is 0 Å². The highest BCUT2D eigenvalue weighted by Crippen LogP contribution is 2.32. The minimum absolute atomic E-state index is 0.389. The summed E-state index contributed by atoms with van der Waals surface area (Å²) in [6.07, 6.45) is 2.07. The molecule has 0 saturated carbocycles. The average Bonchev–Trinajstić information content (AvgIpc) is 3.00. The van der Waals surface area contributed by atoms with Crippen LogP contribution >= 0.6 is 11.6 Å². The lowest BCUT2D eigenvalue weighted by Gasteiger charge is -2.11. The summed E-state index contributed by atoms with van der Waals surface area (Å²) in [5, 5.41) is 20.3. The van der Waals surface area contributed by atoms with E-state index >= 15 is 0 Å². The number of nitriles is 1. The maximum Gasteiger partial charge on any atom is 0.164 e. The van der Waals surface area contributed by atoms with Gasteiger partial charge in [-0.3, -0.25) is 0 Å². The van der Waals surface area contributed by atoms with Crippen LogP contribution in [0.15, 0.2) is 42.7 Å². The van der Waals surface area contributed by atoms with E-state index in [0.717, 1.165) is 22.5 Å². The zero-order valence-electron chi connectivity index (χ0n) is 13.1. The number of pyridine rings is 1. The second-order valence-corrected chi connectivity index (χ2v) is 5.60. The Morgan fingerprint density at radius 2 is 2.04 bits per heavy atom. The number of nitrogens with one attached hydrogen (secondary N) is 1. The fourth-order valence-electron chi connectivity index (χ4n) is 2.45. The summed E-state index contributed by atoms with van der Waals surface area (Å²) in [7, 11) is 1.90. The molecule has 0 radical (unpaired) electrons. The minimum Gasteiger partial charge on any atom is -0.369 e. The second kappa shape index (κ2) is 7.11. The molecule has 0 aliphatic rings. The summed E-state index contributed by atoms with van der Waals surface area (Å²) in [6.45, 7) is 0.522. The first-order valence-corrected chi connectivity index (χ1v) is 7.79. The van der Waals surface area contributed by atoms with E-state index in [1.165, 1.54) is 0 Å². The fourth-order valence-corrected chi connectivity index (χ4v) is 2.65. The molecule has 3 rings (SSSR count). The second-order valence-electron chi connectivity index (χ2n) is 5.21. The Hall–Kier alpha value is -2.91. The van der Waals surface area contributed by atoms with E-state index in [1.807, 2.05) is 48.0 Å². The third-order valence-corrected chi connectivity index (χ3v) is 3.72. The van der Waals surface area contributed by atoms with Gasteiger partial charge in [0.2, 0.25) is 0 Å². The van der Waals surface area contributed by atoms with Gasteiger partial charge in [-0.05, 0) is 23.3 Å². The van der Waals surface area contributed by atoms with Crippen LogP contribution in [0.25, 0.3) is 22.5 Å². The summed E-state index contributed by atoms with van der Waals surface area (Å²) in [5.74, 6) is 1.41. The van der Waals surface area contributed by atoms with Gasteiger partial charge in [-0.1, -0.05) is 35.9 Å². The highest BCUT2D eigenvalue weighted by Gasteiger charge is 2.13. The van der Waals surface area contributed by atoms with Gasteiger partial charge in [0.1, 0.15) is 17.3 Å². The van der Waals surface area contributed by atoms with Crippen molar-refractivity contribution in [2.75, 3.05) is 11.9 Å². The van der Waals surface area contributed by atoms with E-state index in [1.54, 1.807) is 6.33 Å². The molecule has 2 heterocycles. The van der Waals surface area contributed by atoms with Crippen LogP contribution in [0.4, 0.5) is 5.82 Å². The summed E-state index contributed by atoms with van der Waals surface area (Å²) in [5.41, 5.74) is 2.87. The Kier molecular flexibility index (Phi) is 4.73. The van der Waals surface area contributed by atoms with Crippen molar-refractivity contribution in [3.63, 3.8) is 0 Å². The van der Waals surface area contributed by atoms with Crippen LogP contribution in [0.3, 0.4) is 0 Å². The predicted molar refractivity (Wildman–Crippen MR) is 93.4 cm³/mol. The molecule has 1 N–H and O–H groups in total. The van der Waals surface area contributed by atoms with Crippen molar-refractivity contribution >= 4 is 17.4 Å². The molecule has 0 unspecified atom stereocenters. The van der Waals surface area contributed by atoms with Crippen molar-refractivity contribution in [2.45, 2.75) is 6.42 Å². The minimum atomic E-state index is 0.389. The van der Waals surface area contributed by atoms with Gasteiger partial charge in [-0.2, -0.15) is 5.26 Å². The highest BCUT2D eigenvalue weighted by molar-refractivity contribution is 6.29. The number of aromatic nitrogens is 4. The standard InChI is InChI=1S/C17H15ClN6/c1-24-11-21-23-17(24)14-6-3-2-5-13(14)12-9-15(18)22-16(10-12)20-8-4-7-19/h2-3,5-6,9-11H,4,8H2,1H3,(H,20,22). The molecule has 2 aromatic heterocycles. The number of aryl methyl sites for hydroxylation is 1. The maximum atomic E-state index is 8.65. The molecule has 24 heavy (non-hydrogen) atoms. The number of nitrogens with zero attached hydrogens (tertiary/aromatic N) is 5. The molecule has 3 aromatic rings.